The van der Waals surface area contributed by atoms with E-state index in [9.17, 15) is 4.39 Å². The molecule has 0 aromatic heterocycles. The van der Waals surface area contributed by atoms with Gasteiger partial charge in [0.15, 0.2) is 0 Å². The lowest BCUT2D eigenvalue weighted by Crippen LogP contribution is -2.23. The van der Waals surface area contributed by atoms with Gasteiger partial charge in [-0.3, -0.25) is 4.84 Å². The molecular formula is C12H18FNO2. The van der Waals surface area contributed by atoms with Gasteiger partial charge in [-0.1, -0.05) is 19.1 Å². The minimum absolute atomic E-state index is 0.0810. The summed E-state index contributed by atoms with van der Waals surface area (Å²) in [5.41, 5.74) is 3.95. The van der Waals surface area contributed by atoms with E-state index in [1.165, 1.54) is 12.1 Å². The summed E-state index contributed by atoms with van der Waals surface area (Å²) in [5.74, 6) is -0.223. The number of benzene rings is 1. The van der Waals surface area contributed by atoms with Gasteiger partial charge in [-0.15, -0.1) is 0 Å². The van der Waals surface area contributed by atoms with E-state index < -0.39 is 0 Å². The molecule has 0 bridgehead atoms. The average Bonchev–Trinajstić information content (AvgIpc) is 2.31. The molecule has 0 saturated carbocycles. The highest BCUT2D eigenvalue weighted by Gasteiger charge is 2.08. The number of nitrogens with one attached hydrogen (secondary N) is 1. The maximum absolute atomic E-state index is 12.7. The van der Waals surface area contributed by atoms with E-state index in [2.05, 4.69) is 5.48 Å². The van der Waals surface area contributed by atoms with Crippen molar-refractivity contribution < 1.29 is 14.0 Å². The molecule has 0 aliphatic heterocycles. The van der Waals surface area contributed by atoms with Crippen molar-refractivity contribution >= 4 is 0 Å². The van der Waals surface area contributed by atoms with Crippen LogP contribution in [0, 0.1) is 5.82 Å². The van der Waals surface area contributed by atoms with Crippen LogP contribution in [0.2, 0.25) is 0 Å². The SMILES string of the molecule is CCC(NOCCOC)c1ccc(F)cc1. The summed E-state index contributed by atoms with van der Waals surface area (Å²) < 4.78 is 17.6. The zero-order valence-electron chi connectivity index (χ0n) is 9.70. The van der Waals surface area contributed by atoms with Gasteiger partial charge >= 0.3 is 0 Å². The van der Waals surface area contributed by atoms with E-state index in [1.807, 2.05) is 6.92 Å². The van der Waals surface area contributed by atoms with Gasteiger partial charge in [0.05, 0.1) is 19.3 Å². The molecule has 3 nitrogen and oxygen atoms in total. The second kappa shape index (κ2) is 7.33. The molecule has 0 aliphatic rings. The zero-order chi connectivity index (χ0) is 11.8. The van der Waals surface area contributed by atoms with Crippen LogP contribution in [0.5, 0.6) is 0 Å². The van der Waals surface area contributed by atoms with E-state index in [-0.39, 0.29) is 11.9 Å². The first-order valence-electron chi connectivity index (χ1n) is 5.39. The van der Waals surface area contributed by atoms with Crippen molar-refractivity contribution in [2.45, 2.75) is 19.4 Å². The highest BCUT2D eigenvalue weighted by molar-refractivity contribution is 5.19. The summed E-state index contributed by atoms with van der Waals surface area (Å²) in [6, 6.07) is 6.51. The smallest absolute Gasteiger partial charge is 0.123 e. The Balaban J connectivity index is 2.44. The van der Waals surface area contributed by atoms with E-state index in [1.54, 1.807) is 19.2 Å². The van der Waals surface area contributed by atoms with Crippen LogP contribution in [0.25, 0.3) is 0 Å². The second-order valence-corrected chi connectivity index (χ2v) is 3.47. The third-order valence-corrected chi connectivity index (χ3v) is 2.30. The highest BCUT2D eigenvalue weighted by atomic mass is 19.1. The molecule has 0 spiro atoms. The molecule has 1 aromatic rings. The third kappa shape index (κ3) is 4.26. The van der Waals surface area contributed by atoms with E-state index >= 15 is 0 Å². The molecule has 0 fully saturated rings. The van der Waals surface area contributed by atoms with Crippen LogP contribution >= 0.6 is 0 Å². The van der Waals surface area contributed by atoms with Gasteiger partial charge in [-0.25, -0.2) is 4.39 Å². The van der Waals surface area contributed by atoms with Crippen molar-refractivity contribution in [1.82, 2.24) is 5.48 Å². The first-order chi connectivity index (χ1) is 7.77. The summed E-state index contributed by atoms with van der Waals surface area (Å²) in [5, 5.41) is 0. The summed E-state index contributed by atoms with van der Waals surface area (Å²) in [4.78, 5) is 5.24. The number of rotatable bonds is 7. The standard InChI is InChI=1S/C12H18FNO2/c1-3-12(14-16-9-8-15-2)10-4-6-11(13)7-5-10/h4-7,12,14H,3,8-9H2,1-2H3. The lowest BCUT2D eigenvalue weighted by Gasteiger charge is -2.16. The molecule has 1 atom stereocenters. The molecule has 1 aromatic carbocycles. The lowest BCUT2D eigenvalue weighted by molar-refractivity contribution is -0.0131. The molecule has 0 amide bonds. The predicted octanol–water partition coefficient (Wildman–Crippen LogP) is 2.44. The van der Waals surface area contributed by atoms with E-state index in [4.69, 9.17) is 9.57 Å². The maximum atomic E-state index is 12.7. The number of hydrogen-bond donors (Lipinski definition) is 1. The van der Waals surface area contributed by atoms with Crippen molar-refractivity contribution in [3.8, 4) is 0 Å². The molecule has 16 heavy (non-hydrogen) atoms. The molecule has 90 valence electrons. The van der Waals surface area contributed by atoms with Crippen molar-refractivity contribution in [2.75, 3.05) is 20.3 Å². The van der Waals surface area contributed by atoms with Crippen molar-refractivity contribution in [1.29, 1.82) is 0 Å². The Morgan fingerprint density at radius 1 is 1.25 bits per heavy atom. The molecule has 1 N–H and O–H groups in total. The fourth-order valence-corrected chi connectivity index (χ4v) is 1.37. The Kier molecular flexibility index (Phi) is 6.00. The Labute approximate surface area is 95.5 Å². The summed E-state index contributed by atoms with van der Waals surface area (Å²) >= 11 is 0. The van der Waals surface area contributed by atoms with Crippen LogP contribution in [0.1, 0.15) is 24.9 Å². The molecular weight excluding hydrogens is 209 g/mol. The fraction of sp³-hybridized carbons (Fsp3) is 0.500. The Morgan fingerprint density at radius 2 is 1.94 bits per heavy atom. The molecule has 0 saturated heterocycles. The van der Waals surface area contributed by atoms with Gasteiger partial charge in [-0.2, -0.15) is 5.48 Å². The lowest BCUT2D eigenvalue weighted by atomic mass is 10.1. The van der Waals surface area contributed by atoms with Crippen LogP contribution in [-0.4, -0.2) is 20.3 Å². The van der Waals surface area contributed by atoms with Crippen LogP contribution in [0.4, 0.5) is 4.39 Å². The van der Waals surface area contributed by atoms with Crippen molar-refractivity contribution in [2.24, 2.45) is 0 Å². The van der Waals surface area contributed by atoms with Crippen molar-refractivity contribution in [3.63, 3.8) is 0 Å². The Morgan fingerprint density at radius 3 is 2.50 bits per heavy atom. The van der Waals surface area contributed by atoms with Crippen LogP contribution < -0.4 is 5.48 Å². The number of hydroxylamine groups is 1. The minimum Gasteiger partial charge on any atom is -0.382 e. The second-order valence-electron chi connectivity index (χ2n) is 3.47. The molecule has 1 rings (SSSR count). The van der Waals surface area contributed by atoms with E-state index in [0.29, 0.717) is 13.2 Å². The van der Waals surface area contributed by atoms with Crippen LogP contribution in [0.15, 0.2) is 24.3 Å². The van der Waals surface area contributed by atoms with E-state index in [0.717, 1.165) is 12.0 Å². The summed E-state index contributed by atoms with van der Waals surface area (Å²) in [6.07, 6.45) is 0.874. The normalized spacial score (nSPS) is 12.7. The zero-order valence-corrected chi connectivity index (χ0v) is 9.70. The molecule has 0 radical (unpaired) electrons. The number of hydrogen-bond acceptors (Lipinski definition) is 3. The third-order valence-electron chi connectivity index (χ3n) is 2.30. The minimum atomic E-state index is -0.223. The summed E-state index contributed by atoms with van der Waals surface area (Å²) in [6.45, 7) is 3.09. The predicted molar refractivity (Wildman–Crippen MR) is 60.4 cm³/mol. The van der Waals surface area contributed by atoms with Gasteiger partial charge in [0.25, 0.3) is 0 Å². The number of methoxy groups -OCH3 is 1. The Bertz CT molecular complexity index is 290. The molecule has 0 aliphatic carbocycles. The first kappa shape index (κ1) is 13.1. The quantitative estimate of drug-likeness (QED) is 0.573. The van der Waals surface area contributed by atoms with Gasteiger partial charge in [0.2, 0.25) is 0 Å². The van der Waals surface area contributed by atoms with Gasteiger partial charge < -0.3 is 4.74 Å². The van der Waals surface area contributed by atoms with Crippen molar-refractivity contribution in [3.05, 3.63) is 35.6 Å². The number of halogens is 1. The topological polar surface area (TPSA) is 30.5 Å². The van der Waals surface area contributed by atoms with Gasteiger partial charge in [0, 0.05) is 7.11 Å². The molecule has 4 heteroatoms. The first-order valence-corrected chi connectivity index (χ1v) is 5.39. The fourth-order valence-electron chi connectivity index (χ4n) is 1.37. The summed E-state index contributed by atoms with van der Waals surface area (Å²) in [7, 11) is 1.63. The molecule has 1 unspecified atom stereocenters. The largest absolute Gasteiger partial charge is 0.382 e. The molecule has 0 heterocycles. The van der Waals surface area contributed by atoms with Crippen LogP contribution in [-0.2, 0) is 9.57 Å². The monoisotopic (exact) mass is 227 g/mol. The maximum Gasteiger partial charge on any atom is 0.123 e. The van der Waals surface area contributed by atoms with Gasteiger partial charge in [0.1, 0.15) is 5.82 Å². The highest BCUT2D eigenvalue weighted by Crippen LogP contribution is 2.16. The van der Waals surface area contributed by atoms with Gasteiger partial charge in [-0.05, 0) is 24.1 Å². The number of ether oxygens (including phenoxy) is 1. The van der Waals surface area contributed by atoms with Crippen LogP contribution in [0.3, 0.4) is 0 Å². The Hall–Kier alpha value is -0.970. The average molecular weight is 227 g/mol.